The molecule has 1 aliphatic rings. The van der Waals surface area contributed by atoms with E-state index >= 15 is 0 Å². The predicted octanol–water partition coefficient (Wildman–Crippen LogP) is 4.16. The first-order chi connectivity index (χ1) is 12.5. The summed E-state index contributed by atoms with van der Waals surface area (Å²) in [5, 5.41) is -0.0649. The summed E-state index contributed by atoms with van der Waals surface area (Å²) in [6, 6.07) is 9.14. The minimum atomic E-state index is -0.721. The zero-order valence-electron chi connectivity index (χ0n) is 14.5. The minimum absolute atomic E-state index is 0.105. The second-order valence-corrected chi connectivity index (χ2v) is 7.13. The van der Waals surface area contributed by atoms with Crippen molar-refractivity contribution in [2.75, 3.05) is 6.61 Å². The molecule has 0 spiro atoms. The van der Waals surface area contributed by atoms with Crippen molar-refractivity contribution in [1.82, 2.24) is 9.55 Å². The van der Waals surface area contributed by atoms with Crippen LogP contribution in [0.3, 0.4) is 0 Å². The number of carbonyl (C=O) groups is 1. The van der Waals surface area contributed by atoms with Crippen LogP contribution in [0.1, 0.15) is 49.4 Å². The van der Waals surface area contributed by atoms with Gasteiger partial charge in [-0.05, 0) is 24.8 Å². The summed E-state index contributed by atoms with van der Waals surface area (Å²) in [7, 11) is 0. The number of halogens is 2. The maximum Gasteiger partial charge on any atom is 0.329 e. The first-order valence-electron chi connectivity index (χ1n) is 8.71. The zero-order valence-corrected chi connectivity index (χ0v) is 16.0. The lowest BCUT2D eigenvalue weighted by Gasteiger charge is -2.14. The summed E-state index contributed by atoms with van der Waals surface area (Å²) in [5.74, 6) is -0.526. The van der Waals surface area contributed by atoms with Crippen molar-refractivity contribution in [3.05, 3.63) is 62.2 Å². The van der Waals surface area contributed by atoms with Crippen LogP contribution in [0.4, 0.5) is 0 Å². The monoisotopic (exact) mass is 394 g/mol. The van der Waals surface area contributed by atoms with E-state index in [0.29, 0.717) is 25.1 Å². The number of unbranched alkanes of at least 4 members (excludes halogenated alkanes) is 1. The smallest absolute Gasteiger partial charge is 0.329 e. The van der Waals surface area contributed by atoms with Crippen molar-refractivity contribution in [2.24, 2.45) is 0 Å². The minimum Gasteiger partial charge on any atom is -0.464 e. The number of esters is 1. The Balaban J connectivity index is 1.95. The van der Waals surface area contributed by atoms with Crippen molar-refractivity contribution < 1.29 is 9.53 Å². The van der Waals surface area contributed by atoms with E-state index < -0.39 is 17.6 Å². The predicted molar refractivity (Wildman–Crippen MR) is 101 cm³/mol. The van der Waals surface area contributed by atoms with Gasteiger partial charge in [0.2, 0.25) is 0 Å². The molecule has 1 aromatic carbocycles. The molecular formula is C19H20Cl2N2O3. The number of ether oxygens (including phenoxy) is 1. The number of aromatic nitrogens is 2. The SMILES string of the molecule is CCCCOC(=O)[C@@H]1C[C@H](Cc2ccccc2)c2c(Cl)nc(Cl)c(=O)n21. The molecule has 2 aromatic rings. The molecule has 0 saturated carbocycles. The van der Waals surface area contributed by atoms with Gasteiger partial charge in [-0.3, -0.25) is 9.36 Å². The molecule has 0 radical (unpaired) electrons. The van der Waals surface area contributed by atoms with Gasteiger partial charge in [0.05, 0.1) is 12.3 Å². The van der Waals surface area contributed by atoms with Gasteiger partial charge in [-0.25, -0.2) is 9.78 Å². The molecule has 2 atom stereocenters. The highest BCUT2D eigenvalue weighted by Gasteiger charge is 2.39. The van der Waals surface area contributed by atoms with Crippen LogP contribution in [0, 0.1) is 0 Å². The molecule has 26 heavy (non-hydrogen) atoms. The van der Waals surface area contributed by atoms with Crippen LogP contribution in [-0.2, 0) is 16.0 Å². The molecule has 0 amide bonds. The van der Waals surface area contributed by atoms with Crippen LogP contribution in [0.2, 0.25) is 10.3 Å². The summed E-state index contributed by atoms with van der Waals surface area (Å²) in [6.07, 6.45) is 2.80. The molecule has 7 heteroatoms. The summed E-state index contributed by atoms with van der Waals surface area (Å²) in [4.78, 5) is 29.1. The largest absolute Gasteiger partial charge is 0.464 e. The number of rotatable bonds is 6. The summed E-state index contributed by atoms with van der Waals surface area (Å²) in [6.45, 7) is 2.36. The molecule has 0 fully saturated rings. The van der Waals surface area contributed by atoms with Gasteiger partial charge in [0, 0.05) is 5.92 Å². The molecule has 138 valence electrons. The van der Waals surface area contributed by atoms with Gasteiger partial charge in [-0.1, -0.05) is 66.9 Å². The molecule has 1 aliphatic heterocycles. The summed E-state index contributed by atoms with van der Waals surface area (Å²) < 4.78 is 6.73. The lowest BCUT2D eigenvalue weighted by Crippen LogP contribution is -2.30. The lowest BCUT2D eigenvalue weighted by atomic mass is 9.94. The van der Waals surface area contributed by atoms with E-state index in [4.69, 9.17) is 27.9 Å². The van der Waals surface area contributed by atoms with E-state index in [1.807, 2.05) is 37.3 Å². The standard InChI is InChI=1S/C19H20Cl2N2O3/c1-2-3-9-26-19(25)14-11-13(10-12-7-5-4-6-8-12)15-16(20)22-17(21)18(24)23(14)15/h4-8,13-14H,2-3,9-11H2,1H3/t13-,14-/m0/s1. The average molecular weight is 395 g/mol. The number of hydrogen-bond donors (Lipinski definition) is 0. The number of nitrogens with zero attached hydrogens (tertiary/aromatic N) is 2. The van der Waals surface area contributed by atoms with Crippen LogP contribution >= 0.6 is 23.2 Å². The molecule has 0 saturated heterocycles. The van der Waals surface area contributed by atoms with E-state index in [9.17, 15) is 9.59 Å². The topological polar surface area (TPSA) is 61.2 Å². The van der Waals surface area contributed by atoms with Gasteiger partial charge < -0.3 is 4.74 Å². The molecule has 0 aliphatic carbocycles. The Bertz CT molecular complexity index is 852. The molecule has 2 heterocycles. The lowest BCUT2D eigenvalue weighted by molar-refractivity contribution is -0.147. The summed E-state index contributed by atoms with van der Waals surface area (Å²) >= 11 is 12.2. The van der Waals surface area contributed by atoms with Gasteiger partial charge in [0.15, 0.2) is 10.3 Å². The maximum absolute atomic E-state index is 12.6. The summed E-state index contributed by atoms with van der Waals surface area (Å²) in [5.41, 5.74) is 1.16. The Labute approximate surface area is 161 Å². The van der Waals surface area contributed by atoms with Crippen LogP contribution < -0.4 is 5.56 Å². The fourth-order valence-corrected chi connectivity index (χ4v) is 3.90. The number of hydrogen-bond acceptors (Lipinski definition) is 4. The average Bonchev–Trinajstić information content (AvgIpc) is 3.01. The normalized spacial score (nSPS) is 18.6. The van der Waals surface area contributed by atoms with Crippen molar-refractivity contribution in [1.29, 1.82) is 0 Å². The fraction of sp³-hybridized carbons (Fsp3) is 0.421. The van der Waals surface area contributed by atoms with Crippen molar-refractivity contribution >= 4 is 29.2 Å². The van der Waals surface area contributed by atoms with Crippen LogP contribution in [0.5, 0.6) is 0 Å². The Morgan fingerprint density at radius 1 is 1.27 bits per heavy atom. The van der Waals surface area contributed by atoms with Crippen LogP contribution in [0.25, 0.3) is 0 Å². The molecule has 5 nitrogen and oxygen atoms in total. The van der Waals surface area contributed by atoms with Crippen molar-refractivity contribution in [2.45, 2.75) is 44.6 Å². The third-order valence-electron chi connectivity index (χ3n) is 4.61. The van der Waals surface area contributed by atoms with E-state index in [0.717, 1.165) is 18.4 Å². The quantitative estimate of drug-likeness (QED) is 0.544. The highest BCUT2D eigenvalue weighted by atomic mass is 35.5. The highest BCUT2D eigenvalue weighted by molar-refractivity contribution is 6.32. The van der Waals surface area contributed by atoms with Gasteiger partial charge in [-0.15, -0.1) is 0 Å². The number of benzene rings is 1. The maximum atomic E-state index is 12.6. The van der Waals surface area contributed by atoms with Gasteiger partial charge in [-0.2, -0.15) is 0 Å². The Kier molecular flexibility index (Phi) is 5.99. The van der Waals surface area contributed by atoms with E-state index in [2.05, 4.69) is 4.98 Å². The molecule has 0 bridgehead atoms. The van der Waals surface area contributed by atoms with Crippen molar-refractivity contribution in [3.63, 3.8) is 0 Å². The molecule has 3 rings (SSSR count). The first-order valence-corrected chi connectivity index (χ1v) is 9.46. The molecule has 1 aromatic heterocycles. The third kappa shape index (κ3) is 3.79. The highest BCUT2D eigenvalue weighted by Crippen LogP contribution is 2.40. The third-order valence-corrected chi connectivity index (χ3v) is 5.13. The molecule has 0 unspecified atom stereocenters. The number of fused-ring (bicyclic) bond motifs is 1. The van der Waals surface area contributed by atoms with E-state index in [1.165, 1.54) is 4.57 Å². The van der Waals surface area contributed by atoms with Crippen molar-refractivity contribution in [3.8, 4) is 0 Å². The zero-order chi connectivity index (χ0) is 18.7. The van der Waals surface area contributed by atoms with Crippen LogP contribution in [0.15, 0.2) is 35.1 Å². The molecular weight excluding hydrogens is 375 g/mol. The molecule has 0 N–H and O–H groups in total. The van der Waals surface area contributed by atoms with Gasteiger partial charge in [0.25, 0.3) is 5.56 Å². The first kappa shape index (κ1) is 18.9. The van der Waals surface area contributed by atoms with Gasteiger partial charge in [0.1, 0.15) is 6.04 Å². The van der Waals surface area contributed by atoms with Gasteiger partial charge >= 0.3 is 5.97 Å². The Hall–Kier alpha value is -1.85. The van der Waals surface area contributed by atoms with E-state index in [-0.39, 0.29) is 16.2 Å². The second-order valence-electron chi connectivity index (χ2n) is 6.41. The van der Waals surface area contributed by atoms with E-state index in [1.54, 1.807) is 0 Å². The fourth-order valence-electron chi connectivity index (χ4n) is 3.35. The Morgan fingerprint density at radius 3 is 2.69 bits per heavy atom. The van der Waals surface area contributed by atoms with Crippen LogP contribution in [-0.4, -0.2) is 22.1 Å². The number of carbonyl (C=O) groups excluding carboxylic acids is 1. The Morgan fingerprint density at radius 2 is 2.00 bits per heavy atom. The second kappa shape index (κ2) is 8.23.